The van der Waals surface area contributed by atoms with Gasteiger partial charge < -0.3 is 9.55 Å². The van der Waals surface area contributed by atoms with Crippen molar-refractivity contribution in [1.82, 2.24) is 9.55 Å². The number of nitrogens with one attached hydrogen (secondary N) is 1. The molecule has 0 bridgehead atoms. The fourth-order valence-electron chi connectivity index (χ4n) is 1.61. The minimum absolute atomic E-state index is 0.0664. The van der Waals surface area contributed by atoms with Crippen molar-refractivity contribution in [3.8, 4) is 0 Å². The molecule has 0 radical (unpaired) electrons. The molecule has 2 rings (SSSR count). The lowest BCUT2D eigenvalue weighted by Gasteiger charge is -2.03. The topological polar surface area (TPSA) is 54.9 Å². The Morgan fingerprint density at radius 2 is 2.18 bits per heavy atom. The number of hydrogen-bond donors (Lipinski definition) is 1. The van der Waals surface area contributed by atoms with Gasteiger partial charge in [0.2, 0.25) is 0 Å². The Hall–Kier alpha value is -0.850. The van der Waals surface area contributed by atoms with Gasteiger partial charge >= 0.3 is 0 Å². The molecule has 1 heterocycles. The quantitative estimate of drug-likeness (QED) is 0.883. The van der Waals surface area contributed by atoms with Crippen LogP contribution in [-0.4, -0.2) is 30.0 Å². The van der Waals surface area contributed by atoms with Crippen LogP contribution in [0.1, 0.15) is 0 Å². The first-order chi connectivity index (χ1) is 7.87. The summed E-state index contributed by atoms with van der Waals surface area (Å²) in [7, 11) is -3.00. The maximum Gasteiger partial charge on any atom is 0.178 e. The number of sulfone groups is 1. The number of imidazole rings is 1. The summed E-state index contributed by atoms with van der Waals surface area (Å²) in [6.07, 6.45) is 1.21. The molecule has 92 valence electrons. The Morgan fingerprint density at radius 1 is 1.47 bits per heavy atom. The van der Waals surface area contributed by atoms with E-state index in [0.717, 1.165) is 11.0 Å². The SMILES string of the molecule is CS(=O)(=O)CCn1c(=S)[nH]c2cc(Cl)ccc21. The van der Waals surface area contributed by atoms with Crippen LogP contribution in [0.2, 0.25) is 5.02 Å². The van der Waals surface area contributed by atoms with Gasteiger partial charge in [0.15, 0.2) is 4.77 Å². The first-order valence-corrected chi connectivity index (χ1v) is 7.77. The van der Waals surface area contributed by atoms with Crippen molar-refractivity contribution in [3.63, 3.8) is 0 Å². The van der Waals surface area contributed by atoms with E-state index in [0.29, 0.717) is 16.3 Å². The molecule has 7 heteroatoms. The molecule has 0 aliphatic carbocycles. The third-order valence-corrected chi connectivity index (χ3v) is 3.90. The number of aromatic nitrogens is 2. The van der Waals surface area contributed by atoms with Crippen molar-refractivity contribution in [3.05, 3.63) is 28.0 Å². The first kappa shape index (κ1) is 12.6. The third-order valence-electron chi connectivity index (χ3n) is 2.42. The average molecular weight is 291 g/mol. The van der Waals surface area contributed by atoms with Gasteiger partial charge in [-0.2, -0.15) is 0 Å². The fraction of sp³-hybridized carbons (Fsp3) is 0.300. The summed E-state index contributed by atoms with van der Waals surface area (Å²) in [6, 6.07) is 5.35. The van der Waals surface area contributed by atoms with Gasteiger partial charge in [0.1, 0.15) is 9.84 Å². The summed E-state index contributed by atoms with van der Waals surface area (Å²) in [6.45, 7) is 0.347. The summed E-state index contributed by atoms with van der Waals surface area (Å²) < 4.78 is 24.6. The smallest absolute Gasteiger partial charge is 0.178 e. The van der Waals surface area contributed by atoms with E-state index in [1.54, 1.807) is 16.7 Å². The number of halogens is 1. The Kier molecular flexibility index (Phi) is 3.29. The molecule has 4 nitrogen and oxygen atoms in total. The minimum Gasteiger partial charge on any atom is -0.331 e. The van der Waals surface area contributed by atoms with E-state index < -0.39 is 9.84 Å². The van der Waals surface area contributed by atoms with Crippen molar-refractivity contribution in [2.75, 3.05) is 12.0 Å². The number of aromatic amines is 1. The predicted molar refractivity (Wildman–Crippen MR) is 71.8 cm³/mol. The molecule has 0 unspecified atom stereocenters. The number of benzene rings is 1. The molecule has 2 aromatic rings. The lowest BCUT2D eigenvalue weighted by molar-refractivity contribution is 0.595. The highest BCUT2D eigenvalue weighted by Crippen LogP contribution is 2.19. The monoisotopic (exact) mass is 290 g/mol. The highest BCUT2D eigenvalue weighted by atomic mass is 35.5. The van der Waals surface area contributed by atoms with Gasteiger partial charge in [-0.25, -0.2) is 8.42 Å². The molecule has 1 aromatic carbocycles. The maximum atomic E-state index is 11.1. The second kappa shape index (κ2) is 4.44. The highest BCUT2D eigenvalue weighted by molar-refractivity contribution is 7.90. The molecular weight excluding hydrogens is 280 g/mol. The van der Waals surface area contributed by atoms with E-state index >= 15 is 0 Å². The maximum absolute atomic E-state index is 11.1. The number of rotatable bonds is 3. The van der Waals surface area contributed by atoms with Crippen molar-refractivity contribution in [2.45, 2.75) is 6.54 Å². The Morgan fingerprint density at radius 3 is 2.82 bits per heavy atom. The van der Waals surface area contributed by atoms with Gasteiger partial charge in [-0.05, 0) is 30.4 Å². The van der Waals surface area contributed by atoms with Gasteiger partial charge in [0.25, 0.3) is 0 Å². The molecule has 1 aromatic heterocycles. The fourth-order valence-corrected chi connectivity index (χ4v) is 2.60. The van der Waals surface area contributed by atoms with Gasteiger partial charge in [-0.1, -0.05) is 11.6 Å². The van der Waals surface area contributed by atoms with E-state index in [4.69, 9.17) is 23.8 Å². The van der Waals surface area contributed by atoms with Crippen LogP contribution in [0.25, 0.3) is 11.0 Å². The number of aryl methyl sites for hydroxylation is 1. The minimum atomic E-state index is -3.00. The van der Waals surface area contributed by atoms with Crippen LogP contribution in [0, 0.1) is 4.77 Å². The Labute approximate surface area is 109 Å². The van der Waals surface area contributed by atoms with Crippen LogP contribution >= 0.6 is 23.8 Å². The lowest BCUT2D eigenvalue weighted by atomic mass is 10.3. The molecule has 17 heavy (non-hydrogen) atoms. The largest absolute Gasteiger partial charge is 0.331 e. The zero-order chi connectivity index (χ0) is 12.6. The average Bonchev–Trinajstić information content (AvgIpc) is 2.48. The first-order valence-electron chi connectivity index (χ1n) is 4.92. The van der Waals surface area contributed by atoms with Crippen LogP contribution < -0.4 is 0 Å². The third kappa shape index (κ3) is 2.88. The predicted octanol–water partition coefficient (Wildman–Crippen LogP) is 2.40. The van der Waals surface area contributed by atoms with Gasteiger partial charge in [0.05, 0.1) is 16.8 Å². The lowest BCUT2D eigenvalue weighted by Crippen LogP contribution is -2.11. The van der Waals surface area contributed by atoms with Crippen molar-refractivity contribution < 1.29 is 8.42 Å². The summed E-state index contributed by atoms with van der Waals surface area (Å²) in [5.41, 5.74) is 1.68. The molecule has 0 aliphatic rings. The molecule has 0 aliphatic heterocycles. The number of nitrogens with zero attached hydrogens (tertiary/aromatic N) is 1. The normalized spacial score (nSPS) is 12.1. The molecule has 0 atom stereocenters. The summed E-state index contributed by atoms with van der Waals surface area (Å²) in [5, 5.41) is 0.615. The van der Waals surface area contributed by atoms with Crippen molar-refractivity contribution in [2.24, 2.45) is 0 Å². The molecular formula is C10H11ClN2O2S2. The molecule has 0 amide bonds. The summed E-state index contributed by atoms with van der Waals surface area (Å²) in [5.74, 6) is 0.0664. The zero-order valence-electron chi connectivity index (χ0n) is 9.10. The van der Waals surface area contributed by atoms with E-state index in [1.807, 2.05) is 6.07 Å². The molecule has 0 saturated carbocycles. The van der Waals surface area contributed by atoms with Gasteiger partial charge in [-0.15, -0.1) is 0 Å². The van der Waals surface area contributed by atoms with Crippen LogP contribution in [0.3, 0.4) is 0 Å². The second-order valence-corrected chi connectivity index (χ2v) is 6.96. The number of H-pyrrole nitrogens is 1. The van der Waals surface area contributed by atoms with E-state index in [9.17, 15) is 8.42 Å². The van der Waals surface area contributed by atoms with E-state index in [-0.39, 0.29) is 5.75 Å². The molecule has 1 N–H and O–H groups in total. The highest BCUT2D eigenvalue weighted by Gasteiger charge is 2.08. The molecule has 0 fully saturated rings. The Bertz CT molecular complexity index is 715. The van der Waals surface area contributed by atoms with E-state index in [2.05, 4.69) is 4.98 Å². The van der Waals surface area contributed by atoms with Crippen molar-refractivity contribution >= 4 is 44.7 Å². The van der Waals surface area contributed by atoms with Crippen LogP contribution in [0.15, 0.2) is 18.2 Å². The molecule has 0 saturated heterocycles. The standard InChI is InChI=1S/C10H11ClN2O2S2/c1-17(14,15)5-4-13-9-3-2-7(11)6-8(9)12-10(13)16/h2-3,6H,4-5H2,1H3,(H,12,16). The summed E-state index contributed by atoms with van der Waals surface area (Å²) >= 11 is 11.0. The van der Waals surface area contributed by atoms with Crippen LogP contribution in [-0.2, 0) is 16.4 Å². The summed E-state index contributed by atoms with van der Waals surface area (Å²) in [4.78, 5) is 3.00. The zero-order valence-corrected chi connectivity index (χ0v) is 11.5. The van der Waals surface area contributed by atoms with Crippen LogP contribution in [0.5, 0.6) is 0 Å². The van der Waals surface area contributed by atoms with Gasteiger partial charge in [-0.3, -0.25) is 0 Å². The molecule has 0 spiro atoms. The van der Waals surface area contributed by atoms with E-state index in [1.165, 1.54) is 6.26 Å². The Balaban J connectivity index is 2.47. The number of hydrogen-bond acceptors (Lipinski definition) is 3. The number of fused-ring (bicyclic) bond motifs is 1. The van der Waals surface area contributed by atoms with Gasteiger partial charge in [0, 0.05) is 17.8 Å². The van der Waals surface area contributed by atoms with Crippen molar-refractivity contribution in [1.29, 1.82) is 0 Å². The second-order valence-electron chi connectivity index (χ2n) is 3.87. The van der Waals surface area contributed by atoms with Crippen LogP contribution in [0.4, 0.5) is 0 Å².